The summed E-state index contributed by atoms with van der Waals surface area (Å²) in [4.78, 5) is 13.8. The first-order chi connectivity index (χ1) is 17.0. The van der Waals surface area contributed by atoms with E-state index < -0.39 is 0 Å². The fourth-order valence-corrected chi connectivity index (χ4v) is 5.62. The van der Waals surface area contributed by atoms with Gasteiger partial charge in [-0.1, -0.05) is 43.5 Å². The van der Waals surface area contributed by atoms with Gasteiger partial charge in [0.05, 0.1) is 29.1 Å². The maximum atomic E-state index is 13.8. The summed E-state index contributed by atoms with van der Waals surface area (Å²) in [6, 6.07) is 13.5. The standard InChI is InChI=1S/C26H27Cl2N3O2.C2H6/c1-17-24-23(12-15-30(26(24)32)29-13-4-3-5-14-29)31(22-11-8-19(27)16-21(22)28)25(17)18-6-9-20(33-2)10-7-18;1-2/h6-11,16H,3-5,12-15H2,1-2H3;1-2H3. The highest BCUT2D eigenvalue weighted by Crippen LogP contribution is 2.40. The van der Waals surface area contributed by atoms with Crippen molar-refractivity contribution >= 4 is 29.1 Å². The highest BCUT2D eigenvalue weighted by molar-refractivity contribution is 6.35. The zero-order valence-electron chi connectivity index (χ0n) is 20.9. The minimum absolute atomic E-state index is 0.0780. The molecule has 1 amide bonds. The molecule has 0 N–H and O–H groups in total. The maximum Gasteiger partial charge on any atom is 0.270 e. The van der Waals surface area contributed by atoms with Crippen molar-refractivity contribution in [3.63, 3.8) is 0 Å². The lowest BCUT2D eigenvalue weighted by molar-refractivity contribution is -0.0237. The Hall–Kier alpha value is -2.47. The van der Waals surface area contributed by atoms with E-state index in [0.29, 0.717) is 16.6 Å². The Morgan fingerprint density at radius 3 is 2.23 bits per heavy atom. The van der Waals surface area contributed by atoms with Gasteiger partial charge in [0.1, 0.15) is 5.75 Å². The van der Waals surface area contributed by atoms with Crippen molar-refractivity contribution in [1.29, 1.82) is 0 Å². The molecule has 3 heterocycles. The van der Waals surface area contributed by atoms with Gasteiger partial charge in [-0.2, -0.15) is 0 Å². The Balaban J connectivity index is 0.00000141. The Morgan fingerprint density at radius 1 is 0.914 bits per heavy atom. The van der Waals surface area contributed by atoms with Crippen molar-refractivity contribution in [1.82, 2.24) is 14.6 Å². The summed E-state index contributed by atoms with van der Waals surface area (Å²) in [6.07, 6.45) is 4.26. The summed E-state index contributed by atoms with van der Waals surface area (Å²) >= 11 is 12.9. The molecule has 186 valence electrons. The molecule has 0 unspecified atom stereocenters. The van der Waals surface area contributed by atoms with Crippen LogP contribution in [0.1, 0.15) is 54.7 Å². The molecule has 1 fully saturated rings. The summed E-state index contributed by atoms with van der Waals surface area (Å²) in [6.45, 7) is 8.59. The number of aromatic nitrogens is 1. The average molecular weight is 514 g/mol. The van der Waals surface area contributed by atoms with Gasteiger partial charge in [-0.05, 0) is 73.4 Å². The molecule has 1 aromatic heterocycles. The zero-order chi connectivity index (χ0) is 25.1. The molecular formula is C28H33Cl2N3O2. The molecule has 7 heteroatoms. The molecule has 0 radical (unpaired) electrons. The van der Waals surface area contributed by atoms with Crippen LogP contribution in [0.4, 0.5) is 0 Å². The van der Waals surface area contributed by atoms with Crippen LogP contribution in [0.3, 0.4) is 0 Å². The van der Waals surface area contributed by atoms with E-state index in [2.05, 4.69) is 9.58 Å². The van der Waals surface area contributed by atoms with E-state index in [1.807, 2.05) is 62.2 Å². The smallest absolute Gasteiger partial charge is 0.270 e. The molecule has 2 aliphatic heterocycles. The minimum Gasteiger partial charge on any atom is -0.497 e. The van der Waals surface area contributed by atoms with Crippen LogP contribution >= 0.6 is 23.2 Å². The first kappa shape index (κ1) is 25.6. The molecule has 2 aromatic carbocycles. The fraction of sp³-hybridized carbons (Fsp3) is 0.393. The normalized spacial score (nSPS) is 15.9. The molecule has 0 saturated carbocycles. The number of nitrogens with zero attached hydrogens (tertiary/aromatic N) is 3. The number of carbonyl (C=O) groups excluding carboxylic acids is 1. The van der Waals surface area contributed by atoms with Crippen molar-refractivity contribution < 1.29 is 9.53 Å². The number of carbonyl (C=O) groups is 1. The third kappa shape index (κ3) is 4.82. The van der Waals surface area contributed by atoms with Crippen LogP contribution in [0.25, 0.3) is 16.9 Å². The maximum absolute atomic E-state index is 13.8. The second kappa shape index (κ2) is 11.1. The second-order valence-corrected chi connectivity index (χ2v) is 9.49. The number of hydrogen-bond donors (Lipinski definition) is 0. The van der Waals surface area contributed by atoms with Crippen LogP contribution in [-0.4, -0.2) is 47.2 Å². The molecule has 0 bridgehead atoms. The molecule has 3 aromatic rings. The predicted octanol–water partition coefficient (Wildman–Crippen LogP) is 7.19. The molecular weight excluding hydrogens is 481 g/mol. The number of rotatable bonds is 4. The van der Waals surface area contributed by atoms with Gasteiger partial charge in [-0.3, -0.25) is 9.80 Å². The predicted molar refractivity (Wildman–Crippen MR) is 144 cm³/mol. The molecule has 5 rings (SSSR count). The van der Waals surface area contributed by atoms with Crippen LogP contribution < -0.4 is 4.74 Å². The molecule has 1 saturated heterocycles. The van der Waals surface area contributed by atoms with E-state index >= 15 is 0 Å². The highest BCUT2D eigenvalue weighted by atomic mass is 35.5. The first-order valence-electron chi connectivity index (χ1n) is 12.4. The molecule has 0 atom stereocenters. The SMILES string of the molecule is CC.COc1ccc(-c2c(C)c3c(n2-c2ccc(Cl)cc2Cl)CCN(N2CCCCC2)C3=O)cc1. The third-order valence-electron chi connectivity index (χ3n) is 6.71. The van der Waals surface area contributed by atoms with Gasteiger partial charge in [-0.25, -0.2) is 5.01 Å². The number of hydrazine groups is 1. The summed E-state index contributed by atoms with van der Waals surface area (Å²) in [5.41, 5.74) is 5.56. The molecule has 2 aliphatic rings. The number of amides is 1. The Bertz CT molecular complexity index is 1200. The van der Waals surface area contributed by atoms with E-state index in [1.165, 1.54) is 6.42 Å². The van der Waals surface area contributed by atoms with Crippen LogP contribution in [0.15, 0.2) is 42.5 Å². The lowest BCUT2D eigenvalue weighted by atomic mass is 10.0. The average Bonchev–Trinajstić information content (AvgIpc) is 3.18. The van der Waals surface area contributed by atoms with Crippen LogP contribution in [-0.2, 0) is 6.42 Å². The Morgan fingerprint density at radius 2 is 1.60 bits per heavy atom. The van der Waals surface area contributed by atoms with Crippen molar-refractivity contribution in [2.24, 2.45) is 0 Å². The zero-order valence-corrected chi connectivity index (χ0v) is 22.4. The Labute approximate surface area is 218 Å². The fourth-order valence-electron chi connectivity index (χ4n) is 5.12. The van der Waals surface area contributed by atoms with Crippen molar-refractivity contribution in [2.45, 2.75) is 46.5 Å². The van der Waals surface area contributed by atoms with Gasteiger partial charge in [-0.15, -0.1) is 0 Å². The number of hydrogen-bond acceptors (Lipinski definition) is 3. The molecule has 5 nitrogen and oxygen atoms in total. The van der Waals surface area contributed by atoms with E-state index in [1.54, 1.807) is 13.2 Å². The largest absolute Gasteiger partial charge is 0.497 e. The lowest BCUT2D eigenvalue weighted by Crippen LogP contribution is -2.51. The van der Waals surface area contributed by atoms with E-state index in [0.717, 1.165) is 71.9 Å². The summed E-state index contributed by atoms with van der Waals surface area (Å²) in [5.74, 6) is 0.866. The van der Waals surface area contributed by atoms with Gasteiger partial charge in [0.15, 0.2) is 0 Å². The second-order valence-electron chi connectivity index (χ2n) is 8.65. The first-order valence-corrected chi connectivity index (χ1v) is 13.2. The van der Waals surface area contributed by atoms with Crippen molar-refractivity contribution in [3.8, 4) is 22.7 Å². The van der Waals surface area contributed by atoms with E-state index in [9.17, 15) is 4.79 Å². The number of benzene rings is 2. The van der Waals surface area contributed by atoms with E-state index in [-0.39, 0.29) is 5.91 Å². The topological polar surface area (TPSA) is 37.7 Å². The lowest BCUT2D eigenvalue weighted by Gasteiger charge is -2.39. The summed E-state index contributed by atoms with van der Waals surface area (Å²) in [5, 5.41) is 5.33. The van der Waals surface area contributed by atoms with Crippen LogP contribution in [0.2, 0.25) is 10.0 Å². The highest BCUT2D eigenvalue weighted by Gasteiger charge is 2.36. The molecule has 0 spiro atoms. The van der Waals surface area contributed by atoms with Gasteiger partial charge >= 0.3 is 0 Å². The monoisotopic (exact) mass is 513 g/mol. The van der Waals surface area contributed by atoms with Crippen LogP contribution in [0.5, 0.6) is 5.75 Å². The number of piperidine rings is 1. The number of fused-ring (bicyclic) bond motifs is 1. The molecule has 35 heavy (non-hydrogen) atoms. The summed E-state index contributed by atoms with van der Waals surface area (Å²) in [7, 11) is 1.66. The summed E-state index contributed by atoms with van der Waals surface area (Å²) < 4.78 is 7.50. The minimum atomic E-state index is 0.0780. The van der Waals surface area contributed by atoms with Crippen molar-refractivity contribution in [3.05, 3.63) is 69.3 Å². The Kier molecular flexibility index (Phi) is 8.10. The van der Waals surface area contributed by atoms with Gasteiger partial charge in [0, 0.05) is 36.8 Å². The van der Waals surface area contributed by atoms with Gasteiger partial charge in [0.25, 0.3) is 5.91 Å². The number of methoxy groups -OCH3 is 1. The van der Waals surface area contributed by atoms with Gasteiger partial charge < -0.3 is 9.30 Å². The van der Waals surface area contributed by atoms with Crippen LogP contribution in [0, 0.1) is 6.92 Å². The molecule has 0 aliphatic carbocycles. The number of halogens is 2. The quantitative estimate of drug-likeness (QED) is 0.370. The number of ether oxygens (including phenoxy) is 1. The van der Waals surface area contributed by atoms with Gasteiger partial charge in [0.2, 0.25) is 0 Å². The van der Waals surface area contributed by atoms with Crippen molar-refractivity contribution in [2.75, 3.05) is 26.7 Å². The third-order valence-corrected chi connectivity index (χ3v) is 7.25. The van der Waals surface area contributed by atoms with E-state index in [4.69, 9.17) is 27.9 Å².